The van der Waals surface area contributed by atoms with Crippen LogP contribution in [-0.4, -0.2) is 48.5 Å². The van der Waals surface area contributed by atoms with Crippen LogP contribution in [0.1, 0.15) is 22.4 Å². The summed E-state index contributed by atoms with van der Waals surface area (Å²) in [6, 6.07) is 4.96. The largest absolute Gasteiger partial charge is 0.378 e. The molecule has 1 aromatic carbocycles. The maximum atomic E-state index is 14.0. The first-order chi connectivity index (χ1) is 15.6. The summed E-state index contributed by atoms with van der Waals surface area (Å²) in [5.41, 5.74) is -0.171. The number of fused-ring (bicyclic) bond motifs is 1. The second kappa shape index (κ2) is 6.87. The molecule has 1 aromatic heterocycles. The molecule has 8 heteroatoms. The Morgan fingerprint density at radius 1 is 1.38 bits per heavy atom. The molecule has 0 spiro atoms. The number of ether oxygens (including phenoxy) is 1. The van der Waals surface area contributed by atoms with E-state index >= 15 is 0 Å². The summed E-state index contributed by atoms with van der Waals surface area (Å²) in [7, 11) is 0. The molecular formula is C18H19FN4O3. The van der Waals surface area contributed by atoms with Crippen molar-refractivity contribution in [1.29, 1.82) is 0 Å². The van der Waals surface area contributed by atoms with Gasteiger partial charge in [-0.05, 0) is 18.6 Å². The van der Waals surface area contributed by atoms with Crippen LogP contribution in [0.3, 0.4) is 0 Å². The molecule has 3 heterocycles. The van der Waals surface area contributed by atoms with E-state index in [0.29, 0.717) is 17.3 Å². The lowest BCUT2D eigenvalue weighted by Crippen LogP contribution is -2.38. The van der Waals surface area contributed by atoms with E-state index in [1.54, 1.807) is 6.07 Å². The number of anilines is 2. The second-order valence-electron chi connectivity index (χ2n) is 5.63. The number of carbonyl (C=O) groups excluding carboxylic acids is 1. The third kappa shape index (κ3) is 3.20. The fraction of sp³-hybridized carbons (Fsp3) is 0.389. The number of aromatic nitrogens is 2. The van der Waals surface area contributed by atoms with Crippen molar-refractivity contribution >= 4 is 17.4 Å². The van der Waals surface area contributed by atoms with Gasteiger partial charge in [-0.2, -0.15) is 0 Å². The van der Waals surface area contributed by atoms with Gasteiger partial charge in [0.2, 0.25) is 5.91 Å². The molecule has 1 amide bonds. The quantitative estimate of drug-likeness (QED) is 0.872. The number of halogens is 1. The summed E-state index contributed by atoms with van der Waals surface area (Å²) in [5.74, 6) is -2.05. The van der Waals surface area contributed by atoms with Crippen LogP contribution in [0.2, 0.25) is 0 Å². The molecule has 26 heavy (non-hydrogen) atoms. The van der Waals surface area contributed by atoms with Gasteiger partial charge in [0.05, 0.1) is 30.5 Å². The highest BCUT2D eigenvalue weighted by Crippen LogP contribution is 2.30. The summed E-state index contributed by atoms with van der Waals surface area (Å²) in [6.07, 6.45) is -0.231. The molecule has 1 N–H and O–H groups in total. The van der Waals surface area contributed by atoms with Gasteiger partial charge in [0.15, 0.2) is 0 Å². The summed E-state index contributed by atoms with van der Waals surface area (Å²) < 4.78 is 81.9. The van der Waals surface area contributed by atoms with Gasteiger partial charge in [-0.3, -0.25) is 9.59 Å². The Hall–Kier alpha value is -2.74. The molecule has 0 atom stereocenters. The maximum absolute atomic E-state index is 14.0. The van der Waals surface area contributed by atoms with E-state index < -0.39 is 55.6 Å². The molecule has 2 aromatic rings. The molecule has 0 unspecified atom stereocenters. The van der Waals surface area contributed by atoms with Gasteiger partial charge in [0.25, 0.3) is 5.56 Å². The predicted octanol–water partition coefficient (Wildman–Crippen LogP) is 0.877. The van der Waals surface area contributed by atoms with Gasteiger partial charge in [-0.15, -0.1) is 0 Å². The van der Waals surface area contributed by atoms with Crippen LogP contribution in [0.15, 0.2) is 29.1 Å². The summed E-state index contributed by atoms with van der Waals surface area (Å²) in [5, 5.41) is 0. The van der Waals surface area contributed by atoms with Crippen LogP contribution in [-0.2, 0) is 22.4 Å². The topological polar surface area (TPSA) is 78.5 Å². The predicted molar refractivity (Wildman–Crippen MR) is 94.1 cm³/mol. The number of rotatable bonds is 3. The minimum absolute atomic E-state index is 0.0627. The molecule has 1 fully saturated rings. The molecule has 0 saturated carbocycles. The van der Waals surface area contributed by atoms with E-state index in [0.717, 1.165) is 0 Å². The lowest BCUT2D eigenvalue weighted by Gasteiger charge is -2.27. The van der Waals surface area contributed by atoms with Crippen molar-refractivity contribution in [3.05, 3.63) is 51.8 Å². The zero-order valence-electron chi connectivity index (χ0n) is 21.4. The monoisotopic (exact) mass is 366 g/mol. The van der Waals surface area contributed by atoms with Crippen LogP contribution >= 0.6 is 0 Å². The summed E-state index contributed by atoms with van der Waals surface area (Å²) in [6.45, 7) is -13.1. The number of carbonyl (C=O) groups is 1. The summed E-state index contributed by atoms with van der Waals surface area (Å²) >= 11 is 0. The van der Waals surface area contributed by atoms with Gasteiger partial charge in [-0.1, -0.05) is 6.07 Å². The number of benzene rings is 1. The van der Waals surface area contributed by atoms with E-state index in [-0.39, 0.29) is 23.7 Å². The average molecular weight is 366 g/mol. The molecule has 1 saturated heterocycles. The van der Waals surface area contributed by atoms with Crippen molar-refractivity contribution < 1.29 is 24.9 Å². The van der Waals surface area contributed by atoms with Crippen LogP contribution in [0, 0.1) is 5.82 Å². The minimum Gasteiger partial charge on any atom is -0.378 e. The van der Waals surface area contributed by atoms with Gasteiger partial charge in [-0.25, -0.2) is 9.37 Å². The first-order valence-corrected chi connectivity index (χ1v) is 7.77. The Morgan fingerprint density at radius 2 is 2.19 bits per heavy atom. The van der Waals surface area contributed by atoms with E-state index in [2.05, 4.69) is 14.7 Å². The Kier molecular flexibility index (Phi) is 2.60. The van der Waals surface area contributed by atoms with Crippen LogP contribution < -0.4 is 15.4 Å². The van der Waals surface area contributed by atoms with E-state index in [1.165, 1.54) is 17.0 Å². The van der Waals surface area contributed by atoms with Crippen LogP contribution in [0.25, 0.3) is 0 Å². The van der Waals surface area contributed by atoms with Gasteiger partial charge in [0.1, 0.15) is 17.5 Å². The number of nitrogens with zero attached hydrogens (tertiary/aromatic N) is 3. The maximum Gasteiger partial charge on any atom is 0.252 e. The highest BCUT2D eigenvalue weighted by Gasteiger charge is 2.27. The Bertz CT molecular complexity index is 1200. The minimum atomic E-state index is -3.33. The lowest BCUT2D eigenvalue weighted by molar-refractivity contribution is -0.118. The first-order valence-electron chi connectivity index (χ1n) is 11.8. The number of H-pyrrole nitrogens is 1. The van der Waals surface area contributed by atoms with Crippen molar-refractivity contribution in [1.82, 2.24) is 9.97 Å². The number of amides is 1. The number of hydrogen-bond donors (Lipinski definition) is 1. The molecular weight excluding hydrogens is 339 g/mol. The Balaban J connectivity index is 1.71. The SMILES string of the molecule is [2H]C1([2H])OC([2H])([2H])C([2H])([2H])N(c2cc(=O)[nH]c(CC(=O)N3CCc4c(F)cccc43)n2)C1([2H])[2H]. The molecule has 0 radical (unpaired) electrons. The molecule has 2 aliphatic rings. The third-order valence-electron chi connectivity index (χ3n) is 4.01. The molecule has 136 valence electrons. The van der Waals surface area contributed by atoms with Gasteiger partial charge < -0.3 is 19.5 Å². The normalized spacial score (nSPS) is 29.0. The molecule has 7 nitrogen and oxygen atoms in total. The number of morpholine rings is 1. The van der Waals surface area contributed by atoms with Crippen molar-refractivity contribution in [3.8, 4) is 0 Å². The second-order valence-corrected chi connectivity index (χ2v) is 5.63. The standard InChI is InChI=1S/C18H19FN4O3/c19-13-2-1-3-14-12(13)4-5-23(14)18(25)10-15-20-16(11-17(24)21-15)22-6-8-26-9-7-22/h1-3,11H,4-10H2,(H,20,21,24)/i6D2,7D2,8D2,9D2. The van der Waals surface area contributed by atoms with Crippen LogP contribution in [0.4, 0.5) is 15.9 Å². The summed E-state index contributed by atoms with van der Waals surface area (Å²) in [4.78, 5) is 32.8. The highest BCUT2D eigenvalue weighted by molar-refractivity contribution is 5.96. The van der Waals surface area contributed by atoms with Gasteiger partial charge >= 0.3 is 0 Å². The first kappa shape index (κ1) is 9.82. The van der Waals surface area contributed by atoms with E-state index in [1.807, 2.05) is 0 Å². The fourth-order valence-corrected chi connectivity index (χ4v) is 2.89. The molecule has 4 rings (SSSR count). The molecule has 2 aliphatic heterocycles. The lowest BCUT2D eigenvalue weighted by atomic mass is 10.1. The van der Waals surface area contributed by atoms with E-state index in [4.69, 9.17) is 11.0 Å². The molecule has 0 bridgehead atoms. The van der Waals surface area contributed by atoms with E-state index in [9.17, 15) is 14.0 Å². The van der Waals surface area contributed by atoms with Crippen LogP contribution in [0.5, 0.6) is 0 Å². The number of hydrogen-bond acceptors (Lipinski definition) is 5. The number of nitrogens with one attached hydrogen (secondary N) is 1. The van der Waals surface area contributed by atoms with Crippen molar-refractivity contribution in [2.45, 2.75) is 12.8 Å². The van der Waals surface area contributed by atoms with Gasteiger partial charge in [0, 0.05) is 36.9 Å². The van der Waals surface area contributed by atoms with Crippen molar-refractivity contribution in [2.75, 3.05) is 42.5 Å². The Labute approximate surface area is 160 Å². The zero-order chi connectivity index (χ0) is 25.3. The Morgan fingerprint density at radius 3 is 3.00 bits per heavy atom. The number of aromatic amines is 1. The van der Waals surface area contributed by atoms with Crippen molar-refractivity contribution in [2.24, 2.45) is 0 Å². The third-order valence-corrected chi connectivity index (χ3v) is 4.01. The highest BCUT2D eigenvalue weighted by atomic mass is 19.1. The zero-order valence-corrected chi connectivity index (χ0v) is 13.4. The van der Waals surface area contributed by atoms with Crippen molar-refractivity contribution in [3.63, 3.8) is 0 Å². The fourth-order valence-electron chi connectivity index (χ4n) is 2.89. The average Bonchev–Trinajstić information content (AvgIpc) is 3.11. The molecule has 0 aliphatic carbocycles. The smallest absolute Gasteiger partial charge is 0.252 e.